The van der Waals surface area contributed by atoms with Gasteiger partial charge in [0, 0.05) is 10.5 Å². The average Bonchev–Trinajstić information content (AvgIpc) is 2.14. The average molecular weight is 273 g/mol. The first kappa shape index (κ1) is 11.9. The van der Waals surface area contributed by atoms with Gasteiger partial charge in [0.1, 0.15) is 5.82 Å². The van der Waals surface area contributed by atoms with Crippen molar-refractivity contribution in [1.82, 2.24) is 0 Å². The molecule has 1 rings (SSSR count). The molecule has 4 heteroatoms. The lowest BCUT2D eigenvalue weighted by Gasteiger charge is -1.97. The second kappa shape index (κ2) is 5.66. The van der Waals surface area contributed by atoms with E-state index >= 15 is 0 Å². The van der Waals surface area contributed by atoms with Crippen molar-refractivity contribution >= 4 is 28.0 Å². The number of esters is 1. The standard InChI is InChI=1S/C11H10BrFO2/c1-2-15-11(14)4-3-8-5-9(12)7-10(13)6-8/h3-7H,2H2,1H3/b4-3+. The van der Waals surface area contributed by atoms with Crippen molar-refractivity contribution in [1.29, 1.82) is 0 Å². The lowest BCUT2D eigenvalue weighted by atomic mass is 10.2. The molecule has 0 aliphatic carbocycles. The van der Waals surface area contributed by atoms with Crippen molar-refractivity contribution < 1.29 is 13.9 Å². The van der Waals surface area contributed by atoms with Crippen molar-refractivity contribution in [3.05, 3.63) is 40.1 Å². The van der Waals surface area contributed by atoms with Gasteiger partial charge in [-0.2, -0.15) is 0 Å². The number of ether oxygens (including phenoxy) is 1. The Bertz CT molecular complexity index is 368. The number of carbonyl (C=O) groups excluding carboxylic acids is 1. The maximum Gasteiger partial charge on any atom is 0.330 e. The first-order chi connectivity index (χ1) is 7.11. The van der Waals surface area contributed by atoms with Crippen molar-refractivity contribution in [2.24, 2.45) is 0 Å². The Morgan fingerprint density at radius 3 is 2.87 bits per heavy atom. The highest BCUT2D eigenvalue weighted by Crippen LogP contribution is 2.15. The second-order valence-electron chi connectivity index (χ2n) is 2.79. The highest BCUT2D eigenvalue weighted by molar-refractivity contribution is 9.10. The van der Waals surface area contributed by atoms with Crippen LogP contribution in [0.3, 0.4) is 0 Å². The van der Waals surface area contributed by atoms with Gasteiger partial charge in [0.05, 0.1) is 6.61 Å². The van der Waals surface area contributed by atoms with Gasteiger partial charge in [-0.1, -0.05) is 15.9 Å². The zero-order chi connectivity index (χ0) is 11.3. The summed E-state index contributed by atoms with van der Waals surface area (Å²) in [4.78, 5) is 11.0. The third-order valence-electron chi connectivity index (χ3n) is 1.58. The third-order valence-corrected chi connectivity index (χ3v) is 2.04. The van der Waals surface area contributed by atoms with E-state index in [4.69, 9.17) is 4.74 Å². The maximum absolute atomic E-state index is 12.9. The normalized spacial score (nSPS) is 10.6. The molecule has 0 amide bonds. The van der Waals surface area contributed by atoms with Crippen LogP contribution in [-0.4, -0.2) is 12.6 Å². The Hall–Kier alpha value is -1.16. The zero-order valence-electron chi connectivity index (χ0n) is 8.17. The fourth-order valence-corrected chi connectivity index (χ4v) is 1.51. The number of halogens is 2. The number of benzene rings is 1. The van der Waals surface area contributed by atoms with Gasteiger partial charge in [0.2, 0.25) is 0 Å². The SMILES string of the molecule is CCOC(=O)/C=C/c1cc(F)cc(Br)c1. The van der Waals surface area contributed by atoms with Gasteiger partial charge in [0.25, 0.3) is 0 Å². The number of hydrogen-bond acceptors (Lipinski definition) is 2. The molecule has 0 aromatic heterocycles. The van der Waals surface area contributed by atoms with Gasteiger partial charge in [-0.3, -0.25) is 0 Å². The van der Waals surface area contributed by atoms with Crippen LogP contribution in [0.2, 0.25) is 0 Å². The van der Waals surface area contributed by atoms with E-state index in [1.54, 1.807) is 13.0 Å². The Morgan fingerprint density at radius 2 is 2.27 bits per heavy atom. The maximum atomic E-state index is 12.9. The molecule has 0 N–H and O–H groups in total. The van der Waals surface area contributed by atoms with E-state index in [-0.39, 0.29) is 5.82 Å². The van der Waals surface area contributed by atoms with Gasteiger partial charge in [-0.05, 0) is 36.8 Å². The summed E-state index contributed by atoms with van der Waals surface area (Å²) in [7, 11) is 0. The van der Waals surface area contributed by atoms with Gasteiger partial charge in [-0.15, -0.1) is 0 Å². The van der Waals surface area contributed by atoms with Crippen LogP contribution in [-0.2, 0) is 9.53 Å². The van der Waals surface area contributed by atoms with Crippen molar-refractivity contribution in [2.45, 2.75) is 6.92 Å². The topological polar surface area (TPSA) is 26.3 Å². The molecule has 0 fully saturated rings. The van der Waals surface area contributed by atoms with Gasteiger partial charge < -0.3 is 4.74 Å². The Labute approximate surface area is 95.9 Å². The summed E-state index contributed by atoms with van der Waals surface area (Å²) in [6, 6.07) is 4.39. The lowest BCUT2D eigenvalue weighted by molar-refractivity contribution is -0.137. The summed E-state index contributed by atoms with van der Waals surface area (Å²) >= 11 is 3.16. The van der Waals surface area contributed by atoms with Crippen molar-refractivity contribution in [3.63, 3.8) is 0 Å². The van der Waals surface area contributed by atoms with Crippen molar-refractivity contribution in [3.8, 4) is 0 Å². The molecule has 0 aliphatic heterocycles. The molecule has 0 saturated heterocycles. The molecule has 0 aliphatic rings. The van der Waals surface area contributed by atoms with E-state index in [1.807, 2.05) is 0 Å². The van der Waals surface area contributed by atoms with Crippen LogP contribution in [0.15, 0.2) is 28.7 Å². The van der Waals surface area contributed by atoms with Gasteiger partial charge in [-0.25, -0.2) is 9.18 Å². The molecule has 0 atom stereocenters. The first-order valence-corrected chi connectivity index (χ1v) is 5.22. The molecule has 0 heterocycles. The predicted molar refractivity (Wildman–Crippen MR) is 59.8 cm³/mol. The molecule has 1 aromatic carbocycles. The summed E-state index contributed by atoms with van der Waals surface area (Å²) in [6.45, 7) is 2.06. The lowest BCUT2D eigenvalue weighted by Crippen LogP contribution is -1.98. The summed E-state index contributed by atoms with van der Waals surface area (Å²) in [5.74, 6) is -0.786. The number of rotatable bonds is 3. The Kier molecular flexibility index (Phi) is 4.49. The third kappa shape index (κ3) is 4.25. The molecular weight excluding hydrogens is 263 g/mol. The molecule has 0 saturated carbocycles. The summed E-state index contributed by atoms with van der Waals surface area (Å²) in [5.41, 5.74) is 0.606. The molecule has 0 unspecified atom stereocenters. The van der Waals surface area contributed by atoms with Crippen molar-refractivity contribution in [2.75, 3.05) is 6.61 Å². The minimum absolute atomic E-state index is 0.329. The molecule has 0 bridgehead atoms. The monoisotopic (exact) mass is 272 g/mol. The number of hydrogen-bond donors (Lipinski definition) is 0. The highest BCUT2D eigenvalue weighted by atomic mass is 79.9. The smallest absolute Gasteiger partial charge is 0.330 e. The summed E-state index contributed by atoms with van der Waals surface area (Å²) in [5, 5.41) is 0. The molecule has 1 aromatic rings. The van der Waals surface area contributed by atoms with E-state index in [1.165, 1.54) is 24.3 Å². The predicted octanol–water partition coefficient (Wildman–Crippen LogP) is 3.16. The quantitative estimate of drug-likeness (QED) is 0.624. The van der Waals surface area contributed by atoms with Gasteiger partial charge in [0.15, 0.2) is 0 Å². The molecule has 80 valence electrons. The van der Waals surface area contributed by atoms with Gasteiger partial charge >= 0.3 is 5.97 Å². The van der Waals surface area contributed by atoms with Crippen LogP contribution in [0, 0.1) is 5.82 Å². The minimum atomic E-state index is -0.433. The molecule has 0 radical (unpaired) electrons. The second-order valence-corrected chi connectivity index (χ2v) is 3.70. The molecule has 15 heavy (non-hydrogen) atoms. The zero-order valence-corrected chi connectivity index (χ0v) is 9.75. The molecular formula is C11H10BrFO2. The summed E-state index contributed by atoms with van der Waals surface area (Å²) < 4.78 is 18.2. The fourth-order valence-electron chi connectivity index (χ4n) is 1.03. The molecule has 0 spiro atoms. The van der Waals surface area contributed by atoms with E-state index in [0.29, 0.717) is 16.6 Å². The minimum Gasteiger partial charge on any atom is -0.463 e. The fraction of sp³-hybridized carbons (Fsp3) is 0.182. The van der Waals surface area contributed by atoms with Crippen LogP contribution < -0.4 is 0 Å². The largest absolute Gasteiger partial charge is 0.463 e. The number of carbonyl (C=O) groups is 1. The summed E-state index contributed by atoms with van der Waals surface area (Å²) in [6.07, 6.45) is 2.77. The van der Waals surface area contributed by atoms with Crippen LogP contribution in [0.5, 0.6) is 0 Å². The Morgan fingerprint density at radius 1 is 1.53 bits per heavy atom. The first-order valence-electron chi connectivity index (χ1n) is 4.42. The van der Waals surface area contributed by atoms with Crippen LogP contribution in [0.4, 0.5) is 4.39 Å². The van der Waals surface area contributed by atoms with Crippen LogP contribution in [0.25, 0.3) is 6.08 Å². The van der Waals surface area contributed by atoms with Crippen LogP contribution in [0.1, 0.15) is 12.5 Å². The molecule has 2 nitrogen and oxygen atoms in total. The van der Waals surface area contributed by atoms with Crippen LogP contribution >= 0.6 is 15.9 Å². The van der Waals surface area contributed by atoms with E-state index < -0.39 is 5.97 Å². The van der Waals surface area contributed by atoms with E-state index in [9.17, 15) is 9.18 Å². The Balaban J connectivity index is 2.76. The van der Waals surface area contributed by atoms with E-state index in [2.05, 4.69) is 15.9 Å². The van der Waals surface area contributed by atoms with E-state index in [0.717, 1.165) is 0 Å². The highest BCUT2D eigenvalue weighted by Gasteiger charge is 1.97.